The van der Waals surface area contributed by atoms with E-state index >= 15 is 0 Å². The number of nitrogens with zero attached hydrogens (tertiary/aromatic N) is 2. The molecular weight excluding hydrogens is 184 g/mol. The zero-order valence-corrected chi connectivity index (χ0v) is 7.90. The minimum atomic E-state index is -1.73. The zero-order valence-electron chi connectivity index (χ0n) is 7.90. The minimum absolute atomic E-state index is 0.265. The van der Waals surface area contributed by atoms with Crippen molar-refractivity contribution in [2.75, 3.05) is 0 Å². The topological polar surface area (TPSA) is 75.3 Å². The maximum atomic E-state index is 11.0. The number of aromatic nitrogens is 2. The van der Waals surface area contributed by atoms with Crippen LogP contribution in [0.4, 0.5) is 0 Å². The van der Waals surface area contributed by atoms with E-state index in [-0.39, 0.29) is 6.42 Å². The number of aliphatic hydroxyl groups is 1. The first kappa shape index (κ1) is 9.21. The minimum Gasteiger partial charge on any atom is -0.479 e. The van der Waals surface area contributed by atoms with Crippen molar-refractivity contribution >= 4 is 5.97 Å². The van der Waals surface area contributed by atoms with Crippen molar-refractivity contribution in [3.8, 4) is 0 Å². The summed E-state index contributed by atoms with van der Waals surface area (Å²) in [4.78, 5) is 11.0. The lowest BCUT2D eigenvalue weighted by Gasteiger charge is -2.26. The smallest absolute Gasteiger partial charge is 0.340 e. The molecule has 76 valence electrons. The normalized spacial score (nSPS) is 25.9. The van der Waals surface area contributed by atoms with Gasteiger partial charge < -0.3 is 10.2 Å². The summed E-state index contributed by atoms with van der Waals surface area (Å²) < 4.78 is 1.55. The van der Waals surface area contributed by atoms with Crippen LogP contribution in [0.1, 0.15) is 24.1 Å². The SMILES string of the molecule is Cn1cc2c(n1)CCCC2(O)C(=O)O. The monoisotopic (exact) mass is 196 g/mol. The summed E-state index contributed by atoms with van der Waals surface area (Å²) in [6, 6.07) is 0. The molecule has 0 saturated heterocycles. The first-order chi connectivity index (χ1) is 6.54. The Balaban J connectivity index is 2.54. The molecule has 1 aliphatic carbocycles. The fraction of sp³-hybridized carbons (Fsp3) is 0.556. The van der Waals surface area contributed by atoms with E-state index < -0.39 is 11.6 Å². The number of carboxylic acids is 1. The quantitative estimate of drug-likeness (QED) is 0.664. The highest BCUT2D eigenvalue weighted by atomic mass is 16.4. The second kappa shape index (κ2) is 2.81. The lowest BCUT2D eigenvalue weighted by Crippen LogP contribution is -2.38. The van der Waals surface area contributed by atoms with Gasteiger partial charge in [-0.3, -0.25) is 4.68 Å². The van der Waals surface area contributed by atoms with Crippen molar-refractivity contribution in [1.82, 2.24) is 9.78 Å². The summed E-state index contributed by atoms with van der Waals surface area (Å²) in [7, 11) is 1.72. The number of carbonyl (C=O) groups is 1. The van der Waals surface area contributed by atoms with E-state index in [1.54, 1.807) is 17.9 Å². The van der Waals surface area contributed by atoms with Gasteiger partial charge in [0.2, 0.25) is 0 Å². The van der Waals surface area contributed by atoms with Gasteiger partial charge in [0.05, 0.1) is 5.69 Å². The largest absolute Gasteiger partial charge is 0.479 e. The van der Waals surface area contributed by atoms with E-state index in [1.807, 2.05) is 0 Å². The van der Waals surface area contributed by atoms with E-state index in [0.29, 0.717) is 17.7 Å². The van der Waals surface area contributed by atoms with Crippen molar-refractivity contribution in [2.45, 2.75) is 24.9 Å². The molecule has 0 aliphatic heterocycles. The van der Waals surface area contributed by atoms with Gasteiger partial charge in [-0.15, -0.1) is 0 Å². The highest BCUT2D eigenvalue weighted by Gasteiger charge is 2.43. The number of hydrogen-bond acceptors (Lipinski definition) is 3. The maximum Gasteiger partial charge on any atom is 0.340 e. The first-order valence-electron chi connectivity index (χ1n) is 4.53. The highest BCUT2D eigenvalue weighted by Crippen LogP contribution is 2.34. The standard InChI is InChI=1S/C9H12N2O3/c1-11-5-6-7(10-11)3-2-4-9(6,14)8(12)13/h5,14H,2-4H2,1H3,(H,12,13). The van der Waals surface area contributed by atoms with Gasteiger partial charge in [-0.2, -0.15) is 5.10 Å². The number of fused-ring (bicyclic) bond motifs is 1. The molecule has 2 rings (SSSR count). The molecular formula is C9H12N2O3. The first-order valence-corrected chi connectivity index (χ1v) is 4.53. The molecule has 0 amide bonds. The zero-order chi connectivity index (χ0) is 10.3. The summed E-state index contributed by atoms with van der Waals surface area (Å²) in [6.45, 7) is 0. The second-order valence-corrected chi connectivity index (χ2v) is 3.68. The molecule has 2 N–H and O–H groups in total. The van der Waals surface area contributed by atoms with Gasteiger partial charge in [0.15, 0.2) is 5.60 Å². The summed E-state index contributed by atoms with van der Waals surface area (Å²) >= 11 is 0. The molecule has 0 saturated carbocycles. The Morgan fingerprint density at radius 1 is 1.71 bits per heavy atom. The van der Waals surface area contributed by atoms with Crippen molar-refractivity contribution < 1.29 is 15.0 Å². The highest BCUT2D eigenvalue weighted by molar-refractivity contribution is 5.79. The number of aryl methyl sites for hydroxylation is 2. The average molecular weight is 196 g/mol. The van der Waals surface area contributed by atoms with Gasteiger partial charge in [0.1, 0.15) is 0 Å². The van der Waals surface area contributed by atoms with Crippen LogP contribution in [0.25, 0.3) is 0 Å². The van der Waals surface area contributed by atoms with Crippen LogP contribution in [0.5, 0.6) is 0 Å². The van der Waals surface area contributed by atoms with Crippen LogP contribution in [0.2, 0.25) is 0 Å². The molecule has 1 heterocycles. The summed E-state index contributed by atoms with van der Waals surface area (Å²) in [5, 5.41) is 23.1. The van der Waals surface area contributed by atoms with Crippen molar-refractivity contribution in [2.24, 2.45) is 7.05 Å². The van der Waals surface area contributed by atoms with Gasteiger partial charge in [-0.1, -0.05) is 0 Å². The van der Waals surface area contributed by atoms with Crippen LogP contribution in [0.15, 0.2) is 6.20 Å². The van der Waals surface area contributed by atoms with Crippen LogP contribution in [-0.4, -0.2) is 26.0 Å². The molecule has 0 bridgehead atoms. The molecule has 1 aromatic rings. The van der Waals surface area contributed by atoms with E-state index in [2.05, 4.69) is 5.10 Å². The summed E-state index contributed by atoms with van der Waals surface area (Å²) in [5.74, 6) is -1.19. The van der Waals surface area contributed by atoms with E-state index in [4.69, 9.17) is 5.11 Å². The van der Waals surface area contributed by atoms with Gasteiger partial charge >= 0.3 is 5.97 Å². The second-order valence-electron chi connectivity index (χ2n) is 3.68. The Hall–Kier alpha value is -1.36. The van der Waals surface area contributed by atoms with Gasteiger partial charge in [-0.05, 0) is 19.3 Å². The fourth-order valence-electron chi connectivity index (χ4n) is 1.93. The van der Waals surface area contributed by atoms with Gasteiger partial charge in [-0.25, -0.2) is 4.79 Å². The molecule has 1 aliphatic rings. The molecule has 0 spiro atoms. The van der Waals surface area contributed by atoms with Crippen LogP contribution < -0.4 is 0 Å². The predicted molar refractivity (Wildman–Crippen MR) is 47.7 cm³/mol. The van der Waals surface area contributed by atoms with Crippen LogP contribution in [-0.2, 0) is 23.9 Å². The molecule has 0 aromatic carbocycles. The van der Waals surface area contributed by atoms with Gasteiger partial charge in [0, 0.05) is 18.8 Å². The van der Waals surface area contributed by atoms with E-state index in [9.17, 15) is 9.90 Å². The molecule has 14 heavy (non-hydrogen) atoms. The molecule has 5 heteroatoms. The number of rotatable bonds is 1. The Labute approximate surface area is 81.0 Å². The number of aliphatic carboxylic acids is 1. The third-order valence-electron chi connectivity index (χ3n) is 2.66. The Morgan fingerprint density at radius 2 is 2.43 bits per heavy atom. The molecule has 5 nitrogen and oxygen atoms in total. The lowest BCUT2D eigenvalue weighted by atomic mass is 9.83. The lowest BCUT2D eigenvalue weighted by molar-refractivity contribution is -0.161. The predicted octanol–water partition coefficient (Wildman–Crippen LogP) is 0.0286. The molecule has 1 atom stereocenters. The average Bonchev–Trinajstić information content (AvgIpc) is 2.47. The third-order valence-corrected chi connectivity index (χ3v) is 2.66. The van der Waals surface area contributed by atoms with Crippen LogP contribution in [0.3, 0.4) is 0 Å². The maximum absolute atomic E-state index is 11.0. The van der Waals surface area contributed by atoms with Crippen LogP contribution >= 0.6 is 0 Å². The summed E-state index contributed by atoms with van der Waals surface area (Å²) in [6.07, 6.45) is 3.25. The number of carboxylic acid groups (broad SMARTS) is 1. The fourth-order valence-corrected chi connectivity index (χ4v) is 1.93. The molecule has 0 radical (unpaired) electrons. The van der Waals surface area contributed by atoms with Crippen molar-refractivity contribution in [1.29, 1.82) is 0 Å². The molecule has 1 aromatic heterocycles. The molecule has 1 unspecified atom stereocenters. The Bertz CT molecular complexity index is 385. The Morgan fingerprint density at radius 3 is 3.07 bits per heavy atom. The Kier molecular flexibility index (Phi) is 1.85. The van der Waals surface area contributed by atoms with Crippen LogP contribution in [0, 0.1) is 0 Å². The summed E-state index contributed by atoms with van der Waals surface area (Å²) in [5.41, 5.74) is -0.593. The van der Waals surface area contributed by atoms with Gasteiger partial charge in [0.25, 0.3) is 0 Å². The third kappa shape index (κ3) is 1.13. The molecule has 0 fully saturated rings. The number of hydrogen-bond donors (Lipinski definition) is 2. The van der Waals surface area contributed by atoms with E-state index in [1.165, 1.54) is 0 Å². The van der Waals surface area contributed by atoms with E-state index in [0.717, 1.165) is 6.42 Å². The van der Waals surface area contributed by atoms with Crippen molar-refractivity contribution in [3.05, 3.63) is 17.5 Å². The van der Waals surface area contributed by atoms with Crippen molar-refractivity contribution in [3.63, 3.8) is 0 Å².